The smallest absolute Gasteiger partial charge is 0.340 e. The van der Waals surface area contributed by atoms with E-state index in [0.717, 1.165) is 11.3 Å². The highest BCUT2D eigenvalue weighted by molar-refractivity contribution is 6.16. The summed E-state index contributed by atoms with van der Waals surface area (Å²) in [6, 6.07) is 14.1. The van der Waals surface area contributed by atoms with Crippen LogP contribution in [0.3, 0.4) is 0 Å². The fourth-order valence-electron chi connectivity index (χ4n) is 3.27. The molecule has 1 amide bonds. The highest BCUT2D eigenvalue weighted by atomic mass is 16.5. The molecule has 0 radical (unpaired) electrons. The summed E-state index contributed by atoms with van der Waals surface area (Å²) in [5.74, 6) is 0.109. The van der Waals surface area contributed by atoms with Crippen LogP contribution < -0.4 is 4.74 Å². The van der Waals surface area contributed by atoms with Crippen LogP contribution in [0.5, 0.6) is 11.5 Å². The van der Waals surface area contributed by atoms with E-state index in [1.54, 1.807) is 37.1 Å². The fraction of sp³-hybridized carbons (Fsp3) is 0.217. The number of amides is 1. The number of methoxy groups -OCH3 is 2. The molecule has 2 aromatic rings. The van der Waals surface area contributed by atoms with Gasteiger partial charge in [0.25, 0.3) is 5.91 Å². The molecule has 1 aliphatic heterocycles. The summed E-state index contributed by atoms with van der Waals surface area (Å²) < 4.78 is 10.1. The van der Waals surface area contributed by atoms with Crippen molar-refractivity contribution in [3.63, 3.8) is 0 Å². The summed E-state index contributed by atoms with van der Waals surface area (Å²) in [4.78, 5) is 27.0. The molecule has 150 valence electrons. The van der Waals surface area contributed by atoms with Gasteiger partial charge in [-0.2, -0.15) is 0 Å². The SMILES string of the molecule is COC(=O)C1=C(C)N(CCc2ccc(OC)cc2)C(=O)/C1=C\c1ccc(O)cc1. The van der Waals surface area contributed by atoms with E-state index < -0.39 is 5.97 Å². The van der Waals surface area contributed by atoms with Gasteiger partial charge in [-0.05, 0) is 54.8 Å². The molecule has 3 rings (SSSR count). The summed E-state index contributed by atoms with van der Waals surface area (Å²) in [6.07, 6.45) is 2.28. The van der Waals surface area contributed by atoms with Crippen LogP contribution in [0.1, 0.15) is 18.1 Å². The minimum absolute atomic E-state index is 0.130. The van der Waals surface area contributed by atoms with Crippen molar-refractivity contribution in [1.29, 1.82) is 0 Å². The Morgan fingerprint density at radius 3 is 2.31 bits per heavy atom. The van der Waals surface area contributed by atoms with E-state index in [-0.39, 0.29) is 22.8 Å². The third-order valence-electron chi connectivity index (χ3n) is 4.89. The topological polar surface area (TPSA) is 76.1 Å². The molecule has 0 saturated heterocycles. The number of ether oxygens (including phenoxy) is 2. The van der Waals surface area contributed by atoms with E-state index in [2.05, 4.69) is 0 Å². The largest absolute Gasteiger partial charge is 0.508 e. The molecule has 0 atom stereocenters. The van der Waals surface area contributed by atoms with Gasteiger partial charge in [-0.15, -0.1) is 0 Å². The Balaban J connectivity index is 1.87. The van der Waals surface area contributed by atoms with E-state index in [4.69, 9.17) is 9.47 Å². The maximum atomic E-state index is 13.1. The third-order valence-corrected chi connectivity index (χ3v) is 4.89. The van der Waals surface area contributed by atoms with Gasteiger partial charge in [0.2, 0.25) is 0 Å². The zero-order valence-electron chi connectivity index (χ0n) is 16.6. The Morgan fingerprint density at radius 2 is 1.72 bits per heavy atom. The first-order valence-electron chi connectivity index (χ1n) is 9.19. The lowest BCUT2D eigenvalue weighted by Crippen LogP contribution is -2.27. The minimum atomic E-state index is -0.548. The molecule has 1 N–H and O–H groups in total. The molecule has 1 heterocycles. The van der Waals surface area contributed by atoms with Gasteiger partial charge in [0.15, 0.2) is 0 Å². The normalized spacial score (nSPS) is 15.2. The Morgan fingerprint density at radius 1 is 1.07 bits per heavy atom. The molecule has 0 bridgehead atoms. The number of phenols is 1. The quantitative estimate of drug-likeness (QED) is 0.602. The number of esters is 1. The molecule has 0 fully saturated rings. The first-order valence-corrected chi connectivity index (χ1v) is 9.19. The van der Waals surface area contributed by atoms with Gasteiger partial charge in [0.1, 0.15) is 11.5 Å². The summed E-state index contributed by atoms with van der Waals surface area (Å²) in [7, 11) is 2.91. The molecule has 6 heteroatoms. The van der Waals surface area contributed by atoms with Gasteiger partial charge in [0, 0.05) is 12.2 Å². The lowest BCUT2D eigenvalue weighted by atomic mass is 10.0. The van der Waals surface area contributed by atoms with Gasteiger partial charge >= 0.3 is 5.97 Å². The highest BCUT2D eigenvalue weighted by Crippen LogP contribution is 2.32. The van der Waals surface area contributed by atoms with Crippen LogP contribution in [0.4, 0.5) is 0 Å². The zero-order valence-corrected chi connectivity index (χ0v) is 16.6. The molecule has 1 aliphatic rings. The van der Waals surface area contributed by atoms with Crippen LogP contribution in [-0.4, -0.2) is 42.6 Å². The standard InChI is InChI=1S/C23H23NO5/c1-15-21(23(27)29-3)20(14-17-4-8-18(25)9-5-17)22(26)24(15)13-12-16-6-10-19(28-2)11-7-16/h4-11,14,25H,12-13H2,1-3H3/b20-14-. The Bertz CT molecular complexity index is 971. The lowest BCUT2D eigenvalue weighted by molar-refractivity contribution is -0.136. The second-order valence-corrected chi connectivity index (χ2v) is 6.66. The van der Waals surface area contributed by atoms with Crippen molar-refractivity contribution in [2.45, 2.75) is 13.3 Å². The molecule has 0 saturated carbocycles. The Labute approximate surface area is 169 Å². The number of hydrogen-bond acceptors (Lipinski definition) is 5. The number of hydrogen-bond donors (Lipinski definition) is 1. The van der Waals surface area contributed by atoms with Crippen LogP contribution in [0.25, 0.3) is 6.08 Å². The molecular weight excluding hydrogens is 370 g/mol. The molecular formula is C23H23NO5. The number of carbonyl (C=O) groups is 2. The van der Waals surface area contributed by atoms with E-state index in [1.165, 1.54) is 19.2 Å². The van der Waals surface area contributed by atoms with Crippen molar-refractivity contribution < 1.29 is 24.2 Å². The average molecular weight is 393 g/mol. The molecule has 0 aliphatic carbocycles. The van der Waals surface area contributed by atoms with E-state index in [1.807, 2.05) is 24.3 Å². The molecule has 0 unspecified atom stereocenters. The summed E-state index contributed by atoms with van der Waals surface area (Å²) in [5, 5.41) is 9.46. The van der Waals surface area contributed by atoms with Gasteiger partial charge in [-0.25, -0.2) is 4.79 Å². The molecule has 2 aromatic carbocycles. The average Bonchev–Trinajstić information content (AvgIpc) is 2.97. The van der Waals surface area contributed by atoms with Crippen molar-refractivity contribution in [2.75, 3.05) is 20.8 Å². The van der Waals surface area contributed by atoms with Gasteiger partial charge in [-0.1, -0.05) is 24.3 Å². The maximum Gasteiger partial charge on any atom is 0.340 e. The molecule has 0 spiro atoms. The maximum absolute atomic E-state index is 13.1. The van der Waals surface area contributed by atoms with Gasteiger partial charge < -0.3 is 19.5 Å². The van der Waals surface area contributed by atoms with Crippen molar-refractivity contribution >= 4 is 18.0 Å². The molecule has 6 nitrogen and oxygen atoms in total. The van der Waals surface area contributed by atoms with E-state index in [9.17, 15) is 14.7 Å². The third kappa shape index (κ3) is 4.32. The fourth-order valence-corrected chi connectivity index (χ4v) is 3.27. The number of carbonyl (C=O) groups excluding carboxylic acids is 2. The van der Waals surface area contributed by atoms with Crippen molar-refractivity contribution in [3.8, 4) is 11.5 Å². The molecule has 29 heavy (non-hydrogen) atoms. The number of phenolic OH excluding ortho intramolecular Hbond substituents is 1. The van der Waals surface area contributed by atoms with Gasteiger partial charge in [0.05, 0.1) is 25.4 Å². The van der Waals surface area contributed by atoms with E-state index in [0.29, 0.717) is 24.2 Å². The first kappa shape index (κ1) is 20.2. The zero-order chi connectivity index (χ0) is 21.0. The van der Waals surface area contributed by atoms with Crippen molar-refractivity contribution in [2.24, 2.45) is 0 Å². The Kier molecular flexibility index (Phi) is 6.02. The summed E-state index contributed by atoms with van der Waals surface area (Å²) in [6.45, 7) is 2.18. The number of benzene rings is 2. The minimum Gasteiger partial charge on any atom is -0.508 e. The number of nitrogens with zero attached hydrogens (tertiary/aromatic N) is 1. The molecule has 0 aromatic heterocycles. The van der Waals surface area contributed by atoms with Crippen LogP contribution in [0.15, 0.2) is 65.4 Å². The van der Waals surface area contributed by atoms with Crippen molar-refractivity contribution in [1.82, 2.24) is 4.90 Å². The monoisotopic (exact) mass is 393 g/mol. The predicted octanol–water partition coefficient (Wildman–Crippen LogP) is 3.32. The number of rotatable bonds is 6. The van der Waals surface area contributed by atoms with Crippen molar-refractivity contribution in [3.05, 3.63) is 76.5 Å². The number of allylic oxidation sites excluding steroid dienone is 1. The predicted molar refractivity (Wildman–Crippen MR) is 109 cm³/mol. The highest BCUT2D eigenvalue weighted by Gasteiger charge is 2.36. The van der Waals surface area contributed by atoms with Crippen LogP contribution in [-0.2, 0) is 20.7 Å². The van der Waals surface area contributed by atoms with Crippen LogP contribution >= 0.6 is 0 Å². The lowest BCUT2D eigenvalue weighted by Gasteiger charge is -2.18. The Hall–Kier alpha value is -3.54. The second-order valence-electron chi connectivity index (χ2n) is 6.66. The summed E-state index contributed by atoms with van der Waals surface area (Å²) in [5.41, 5.74) is 2.88. The second kappa shape index (κ2) is 8.65. The number of aromatic hydroxyl groups is 1. The summed E-state index contributed by atoms with van der Waals surface area (Å²) >= 11 is 0. The van der Waals surface area contributed by atoms with Crippen LogP contribution in [0.2, 0.25) is 0 Å². The first-order chi connectivity index (χ1) is 13.9. The van der Waals surface area contributed by atoms with E-state index >= 15 is 0 Å². The van der Waals surface area contributed by atoms with Crippen LogP contribution in [0, 0.1) is 0 Å². The van der Waals surface area contributed by atoms with Gasteiger partial charge in [-0.3, -0.25) is 4.79 Å².